The fraction of sp³-hybridized carbons (Fsp3) is 0.385. The number of allylic oxidation sites excluding steroid dienone is 1. The molecular weight excluding hydrogens is 208 g/mol. The highest BCUT2D eigenvalue weighted by Crippen LogP contribution is 2.27. The summed E-state index contributed by atoms with van der Waals surface area (Å²) < 4.78 is 26.6. The van der Waals surface area contributed by atoms with Gasteiger partial charge in [-0.3, -0.25) is 0 Å². The van der Waals surface area contributed by atoms with E-state index in [0.29, 0.717) is 5.56 Å². The van der Waals surface area contributed by atoms with Crippen molar-refractivity contribution in [2.45, 2.75) is 31.7 Å². The minimum Gasteiger partial charge on any atom is -0.324 e. The Morgan fingerprint density at radius 2 is 2.00 bits per heavy atom. The molecule has 1 aromatic rings. The van der Waals surface area contributed by atoms with Crippen molar-refractivity contribution in [3.05, 3.63) is 41.5 Å². The molecule has 2 rings (SSSR count). The van der Waals surface area contributed by atoms with Gasteiger partial charge in [0, 0.05) is 11.6 Å². The Labute approximate surface area is 94.0 Å². The van der Waals surface area contributed by atoms with Crippen LogP contribution in [0.25, 0.3) is 5.57 Å². The standard InChI is InChI=1S/C13H15F2N/c14-10-5-6-13(15)12(8-10)9-3-1-2-4-11(16)7-9/h5-8,11H,1-4,16H2. The van der Waals surface area contributed by atoms with E-state index in [0.717, 1.165) is 37.3 Å². The number of benzene rings is 1. The molecule has 0 aliphatic heterocycles. The van der Waals surface area contributed by atoms with Crippen LogP contribution >= 0.6 is 0 Å². The second-order valence-corrected chi connectivity index (χ2v) is 4.23. The highest BCUT2D eigenvalue weighted by molar-refractivity contribution is 5.67. The molecule has 0 radical (unpaired) electrons. The Balaban J connectivity index is 2.38. The average molecular weight is 223 g/mol. The summed E-state index contributed by atoms with van der Waals surface area (Å²) in [6.45, 7) is 0. The summed E-state index contributed by atoms with van der Waals surface area (Å²) in [7, 11) is 0. The molecule has 1 aliphatic rings. The predicted octanol–water partition coefficient (Wildman–Crippen LogP) is 3.25. The van der Waals surface area contributed by atoms with E-state index in [1.54, 1.807) is 0 Å². The van der Waals surface area contributed by atoms with Crippen molar-refractivity contribution in [3.63, 3.8) is 0 Å². The fourth-order valence-corrected chi connectivity index (χ4v) is 2.09. The molecule has 2 N–H and O–H groups in total. The van der Waals surface area contributed by atoms with Crippen molar-refractivity contribution >= 4 is 5.57 Å². The van der Waals surface area contributed by atoms with Gasteiger partial charge in [0.25, 0.3) is 0 Å². The highest BCUT2D eigenvalue weighted by atomic mass is 19.1. The van der Waals surface area contributed by atoms with E-state index in [-0.39, 0.29) is 11.9 Å². The maximum atomic E-state index is 13.6. The van der Waals surface area contributed by atoms with Gasteiger partial charge in [-0.1, -0.05) is 12.5 Å². The van der Waals surface area contributed by atoms with E-state index in [2.05, 4.69) is 0 Å². The van der Waals surface area contributed by atoms with Crippen LogP contribution in [0.2, 0.25) is 0 Å². The maximum absolute atomic E-state index is 13.6. The van der Waals surface area contributed by atoms with Gasteiger partial charge in [0.2, 0.25) is 0 Å². The van der Waals surface area contributed by atoms with E-state index in [1.165, 1.54) is 12.1 Å². The van der Waals surface area contributed by atoms with Crippen molar-refractivity contribution < 1.29 is 8.78 Å². The lowest BCUT2D eigenvalue weighted by Crippen LogP contribution is -2.15. The van der Waals surface area contributed by atoms with Crippen LogP contribution in [0.1, 0.15) is 31.2 Å². The Morgan fingerprint density at radius 1 is 1.19 bits per heavy atom. The van der Waals surface area contributed by atoms with Crippen molar-refractivity contribution in [2.24, 2.45) is 5.73 Å². The Hall–Kier alpha value is -1.22. The van der Waals surface area contributed by atoms with Gasteiger partial charge in [0.15, 0.2) is 0 Å². The lowest BCUT2D eigenvalue weighted by atomic mass is 10.0. The smallest absolute Gasteiger partial charge is 0.130 e. The average Bonchev–Trinajstić information content (AvgIpc) is 2.46. The van der Waals surface area contributed by atoms with E-state index >= 15 is 0 Å². The summed E-state index contributed by atoms with van der Waals surface area (Å²) >= 11 is 0. The predicted molar refractivity (Wildman–Crippen MR) is 60.8 cm³/mol. The zero-order valence-corrected chi connectivity index (χ0v) is 9.05. The normalized spacial score (nSPS) is 21.4. The molecule has 0 bridgehead atoms. The molecule has 86 valence electrons. The summed E-state index contributed by atoms with van der Waals surface area (Å²) in [5.41, 5.74) is 7.05. The van der Waals surface area contributed by atoms with Crippen LogP contribution in [0, 0.1) is 11.6 Å². The minimum atomic E-state index is -0.407. The third kappa shape index (κ3) is 2.47. The van der Waals surface area contributed by atoms with E-state index in [9.17, 15) is 8.78 Å². The van der Waals surface area contributed by atoms with Gasteiger partial charge in [-0.25, -0.2) is 8.78 Å². The number of nitrogens with two attached hydrogens (primary N) is 1. The van der Waals surface area contributed by atoms with E-state index in [1.807, 2.05) is 6.08 Å². The van der Waals surface area contributed by atoms with Crippen LogP contribution in [0.4, 0.5) is 8.78 Å². The van der Waals surface area contributed by atoms with E-state index in [4.69, 9.17) is 5.73 Å². The van der Waals surface area contributed by atoms with Crippen molar-refractivity contribution in [1.82, 2.24) is 0 Å². The molecule has 1 aromatic carbocycles. The van der Waals surface area contributed by atoms with Crippen LogP contribution in [0.3, 0.4) is 0 Å². The molecule has 1 aliphatic carbocycles. The molecule has 3 heteroatoms. The van der Waals surface area contributed by atoms with Crippen molar-refractivity contribution in [3.8, 4) is 0 Å². The number of halogens is 2. The number of rotatable bonds is 1. The molecule has 1 nitrogen and oxygen atoms in total. The van der Waals surface area contributed by atoms with Gasteiger partial charge in [0.1, 0.15) is 11.6 Å². The fourth-order valence-electron chi connectivity index (χ4n) is 2.09. The lowest BCUT2D eigenvalue weighted by Gasteiger charge is -2.08. The van der Waals surface area contributed by atoms with E-state index < -0.39 is 5.82 Å². The quantitative estimate of drug-likeness (QED) is 0.777. The Morgan fingerprint density at radius 3 is 2.81 bits per heavy atom. The second kappa shape index (κ2) is 4.74. The SMILES string of the molecule is NC1C=C(c2cc(F)ccc2F)CCCC1. The molecule has 0 saturated carbocycles. The van der Waals surface area contributed by atoms with Gasteiger partial charge in [-0.05, 0) is 43.0 Å². The largest absolute Gasteiger partial charge is 0.324 e. The third-order valence-corrected chi connectivity index (χ3v) is 2.92. The summed E-state index contributed by atoms with van der Waals surface area (Å²) in [5, 5.41) is 0. The first-order valence-corrected chi connectivity index (χ1v) is 5.58. The van der Waals surface area contributed by atoms with Crippen LogP contribution in [-0.2, 0) is 0 Å². The van der Waals surface area contributed by atoms with Gasteiger partial charge >= 0.3 is 0 Å². The summed E-state index contributed by atoms with van der Waals surface area (Å²) in [6, 6.07) is 3.51. The second-order valence-electron chi connectivity index (χ2n) is 4.23. The van der Waals surface area contributed by atoms with Gasteiger partial charge < -0.3 is 5.73 Å². The van der Waals surface area contributed by atoms with Crippen molar-refractivity contribution in [2.75, 3.05) is 0 Å². The number of hydrogen-bond donors (Lipinski definition) is 1. The van der Waals surface area contributed by atoms with Gasteiger partial charge in [-0.15, -0.1) is 0 Å². The minimum absolute atomic E-state index is 0.0415. The molecule has 0 heterocycles. The van der Waals surface area contributed by atoms with Crippen LogP contribution in [0.15, 0.2) is 24.3 Å². The molecule has 0 aromatic heterocycles. The Bertz CT molecular complexity index is 412. The lowest BCUT2D eigenvalue weighted by molar-refractivity contribution is 0.596. The highest BCUT2D eigenvalue weighted by Gasteiger charge is 2.13. The zero-order chi connectivity index (χ0) is 11.5. The first-order chi connectivity index (χ1) is 7.66. The summed E-state index contributed by atoms with van der Waals surface area (Å²) in [5.74, 6) is -0.781. The maximum Gasteiger partial charge on any atom is 0.130 e. The van der Waals surface area contributed by atoms with Gasteiger partial charge in [0.05, 0.1) is 0 Å². The van der Waals surface area contributed by atoms with Gasteiger partial charge in [-0.2, -0.15) is 0 Å². The molecule has 1 unspecified atom stereocenters. The zero-order valence-electron chi connectivity index (χ0n) is 9.05. The monoisotopic (exact) mass is 223 g/mol. The topological polar surface area (TPSA) is 26.0 Å². The molecule has 0 fully saturated rings. The molecule has 16 heavy (non-hydrogen) atoms. The van der Waals surface area contributed by atoms with Crippen LogP contribution in [-0.4, -0.2) is 6.04 Å². The Kier molecular flexibility index (Phi) is 3.34. The third-order valence-electron chi connectivity index (χ3n) is 2.92. The summed E-state index contributed by atoms with van der Waals surface area (Å²) in [6.07, 6.45) is 5.58. The van der Waals surface area contributed by atoms with Crippen LogP contribution in [0.5, 0.6) is 0 Å². The molecule has 0 saturated heterocycles. The molecule has 0 spiro atoms. The first kappa shape index (κ1) is 11.3. The first-order valence-electron chi connectivity index (χ1n) is 5.58. The molecular formula is C13H15F2N. The molecule has 0 amide bonds. The van der Waals surface area contributed by atoms with Crippen molar-refractivity contribution in [1.29, 1.82) is 0 Å². The summed E-state index contributed by atoms with van der Waals surface area (Å²) in [4.78, 5) is 0. The number of hydrogen-bond acceptors (Lipinski definition) is 1. The van der Waals surface area contributed by atoms with Crippen LogP contribution < -0.4 is 5.73 Å². The molecule has 1 atom stereocenters.